The number of nitrogens with two attached hydrogens (primary N) is 1. The lowest BCUT2D eigenvalue weighted by molar-refractivity contribution is 0.102. The van der Waals surface area contributed by atoms with Crippen LogP contribution in [0, 0.1) is 17.5 Å². The summed E-state index contributed by atoms with van der Waals surface area (Å²) in [6.45, 7) is 0. The van der Waals surface area contributed by atoms with E-state index in [1.807, 2.05) is 0 Å². The second-order valence-electron chi connectivity index (χ2n) is 3.64. The summed E-state index contributed by atoms with van der Waals surface area (Å²) < 4.78 is 39.8. The van der Waals surface area contributed by atoms with Gasteiger partial charge in [0, 0.05) is 12.3 Å². The molecule has 0 saturated carbocycles. The van der Waals surface area contributed by atoms with Gasteiger partial charge in [0.1, 0.15) is 11.6 Å². The number of anilines is 2. The second-order valence-corrected chi connectivity index (χ2v) is 3.64. The molecule has 0 bridgehead atoms. The third kappa shape index (κ3) is 2.65. The maximum atomic E-state index is 13.5. The molecule has 1 aromatic carbocycles. The van der Waals surface area contributed by atoms with Crippen LogP contribution in [0.25, 0.3) is 0 Å². The number of aromatic nitrogens is 1. The van der Waals surface area contributed by atoms with Crippen LogP contribution in [0.3, 0.4) is 0 Å². The predicted octanol–water partition coefficient (Wildman–Crippen LogP) is 2.33. The predicted molar refractivity (Wildman–Crippen MR) is 62.9 cm³/mol. The molecule has 0 aliphatic carbocycles. The lowest BCUT2D eigenvalue weighted by atomic mass is 10.2. The summed E-state index contributed by atoms with van der Waals surface area (Å²) in [5, 5.41) is 2.06. The van der Waals surface area contributed by atoms with Gasteiger partial charge in [-0.05, 0) is 18.2 Å². The van der Waals surface area contributed by atoms with Gasteiger partial charge in [0.2, 0.25) is 0 Å². The van der Waals surface area contributed by atoms with E-state index in [1.165, 1.54) is 0 Å². The number of hydrogen-bond donors (Lipinski definition) is 2. The number of amides is 1. The van der Waals surface area contributed by atoms with E-state index in [0.717, 1.165) is 30.5 Å². The molecule has 4 nitrogen and oxygen atoms in total. The van der Waals surface area contributed by atoms with Gasteiger partial charge in [0.15, 0.2) is 11.6 Å². The Bertz CT molecular complexity index is 646. The van der Waals surface area contributed by atoms with Crippen molar-refractivity contribution >= 4 is 17.4 Å². The number of halogens is 3. The molecule has 1 heterocycles. The number of carbonyl (C=O) groups is 1. The Balaban J connectivity index is 2.31. The van der Waals surface area contributed by atoms with Crippen LogP contribution < -0.4 is 11.1 Å². The van der Waals surface area contributed by atoms with E-state index in [1.54, 1.807) is 0 Å². The zero-order chi connectivity index (χ0) is 14.0. The van der Waals surface area contributed by atoms with Crippen LogP contribution in [0.1, 0.15) is 10.4 Å². The Morgan fingerprint density at radius 3 is 2.68 bits per heavy atom. The standard InChI is InChI=1S/C12H8F3N3O/c13-6-1-2-8(14)9(5-6)18-12(19)7-3-4-17-11(16)10(7)15/h1-5H,(H2,16,17)(H,18,19). The number of nitrogen functional groups attached to an aromatic ring is 1. The van der Waals surface area contributed by atoms with E-state index >= 15 is 0 Å². The van der Waals surface area contributed by atoms with Gasteiger partial charge in [-0.1, -0.05) is 0 Å². The summed E-state index contributed by atoms with van der Waals surface area (Å²) in [4.78, 5) is 15.2. The van der Waals surface area contributed by atoms with Crippen LogP contribution in [-0.2, 0) is 0 Å². The Labute approximate surface area is 106 Å². The molecule has 1 aromatic heterocycles. The van der Waals surface area contributed by atoms with Crippen molar-refractivity contribution in [2.75, 3.05) is 11.1 Å². The normalized spacial score (nSPS) is 10.3. The third-order valence-electron chi connectivity index (χ3n) is 2.34. The SMILES string of the molecule is Nc1nccc(C(=O)Nc2cc(F)ccc2F)c1F. The van der Waals surface area contributed by atoms with Gasteiger partial charge in [-0.25, -0.2) is 18.2 Å². The first-order valence-electron chi connectivity index (χ1n) is 5.15. The molecule has 98 valence electrons. The molecule has 0 unspecified atom stereocenters. The van der Waals surface area contributed by atoms with Crippen LogP contribution >= 0.6 is 0 Å². The number of nitrogens with zero attached hydrogens (tertiary/aromatic N) is 1. The summed E-state index contributed by atoms with van der Waals surface area (Å²) in [7, 11) is 0. The summed E-state index contributed by atoms with van der Waals surface area (Å²) in [6, 6.07) is 3.62. The molecule has 7 heteroatoms. The fourth-order valence-corrected chi connectivity index (χ4v) is 1.42. The zero-order valence-electron chi connectivity index (χ0n) is 9.45. The minimum atomic E-state index is -1.02. The molecule has 2 rings (SSSR count). The lowest BCUT2D eigenvalue weighted by Gasteiger charge is -2.07. The molecular formula is C12H8F3N3O. The van der Waals surface area contributed by atoms with E-state index in [4.69, 9.17) is 5.73 Å². The molecular weight excluding hydrogens is 259 g/mol. The molecule has 0 saturated heterocycles. The highest BCUT2D eigenvalue weighted by atomic mass is 19.1. The zero-order valence-corrected chi connectivity index (χ0v) is 9.45. The molecule has 0 aliphatic rings. The van der Waals surface area contributed by atoms with Crippen molar-refractivity contribution in [3.05, 3.63) is 53.5 Å². The first-order valence-corrected chi connectivity index (χ1v) is 5.15. The van der Waals surface area contributed by atoms with Crippen molar-refractivity contribution < 1.29 is 18.0 Å². The van der Waals surface area contributed by atoms with Crippen LogP contribution in [0.2, 0.25) is 0 Å². The largest absolute Gasteiger partial charge is 0.381 e. The van der Waals surface area contributed by atoms with Gasteiger partial charge in [-0.15, -0.1) is 0 Å². The number of benzene rings is 1. The average molecular weight is 267 g/mol. The molecule has 1 amide bonds. The lowest BCUT2D eigenvalue weighted by Crippen LogP contribution is -2.16. The fourth-order valence-electron chi connectivity index (χ4n) is 1.42. The van der Waals surface area contributed by atoms with Gasteiger partial charge in [0.25, 0.3) is 5.91 Å². The van der Waals surface area contributed by atoms with Crippen LogP contribution in [0.4, 0.5) is 24.7 Å². The Hall–Kier alpha value is -2.57. The third-order valence-corrected chi connectivity index (χ3v) is 2.34. The van der Waals surface area contributed by atoms with Crippen molar-refractivity contribution in [3.8, 4) is 0 Å². The molecule has 0 spiro atoms. The van der Waals surface area contributed by atoms with E-state index in [-0.39, 0.29) is 5.69 Å². The van der Waals surface area contributed by atoms with Crippen molar-refractivity contribution in [1.29, 1.82) is 0 Å². The molecule has 0 radical (unpaired) electrons. The molecule has 0 atom stereocenters. The maximum absolute atomic E-state index is 13.5. The van der Waals surface area contributed by atoms with Gasteiger partial charge in [-0.2, -0.15) is 0 Å². The van der Waals surface area contributed by atoms with Crippen LogP contribution in [0.15, 0.2) is 30.5 Å². The first-order chi connectivity index (χ1) is 8.99. The summed E-state index contributed by atoms with van der Waals surface area (Å²) in [5.74, 6) is -3.98. The van der Waals surface area contributed by atoms with Crippen molar-refractivity contribution in [1.82, 2.24) is 4.98 Å². The molecule has 19 heavy (non-hydrogen) atoms. The van der Waals surface area contributed by atoms with Crippen LogP contribution in [0.5, 0.6) is 0 Å². The second kappa shape index (κ2) is 4.97. The quantitative estimate of drug-likeness (QED) is 0.877. The molecule has 0 aliphatic heterocycles. The van der Waals surface area contributed by atoms with Gasteiger partial charge in [0.05, 0.1) is 11.3 Å². The summed E-state index contributed by atoms with van der Waals surface area (Å²) in [6.07, 6.45) is 1.13. The summed E-state index contributed by atoms with van der Waals surface area (Å²) >= 11 is 0. The number of rotatable bonds is 2. The minimum Gasteiger partial charge on any atom is -0.381 e. The number of pyridine rings is 1. The fraction of sp³-hybridized carbons (Fsp3) is 0. The van der Waals surface area contributed by atoms with E-state index < -0.39 is 34.7 Å². The Morgan fingerprint density at radius 1 is 1.21 bits per heavy atom. The average Bonchev–Trinajstić information content (AvgIpc) is 2.37. The van der Waals surface area contributed by atoms with Crippen LogP contribution in [-0.4, -0.2) is 10.9 Å². The molecule has 3 N–H and O–H groups in total. The molecule has 2 aromatic rings. The van der Waals surface area contributed by atoms with Crippen molar-refractivity contribution in [2.45, 2.75) is 0 Å². The smallest absolute Gasteiger partial charge is 0.258 e. The minimum absolute atomic E-state index is 0.389. The maximum Gasteiger partial charge on any atom is 0.258 e. The highest BCUT2D eigenvalue weighted by Gasteiger charge is 2.16. The topological polar surface area (TPSA) is 68.0 Å². The van der Waals surface area contributed by atoms with Crippen molar-refractivity contribution in [3.63, 3.8) is 0 Å². The summed E-state index contributed by atoms with van der Waals surface area (Å²) in [5.41, 5.74) is 4.41. The van der Waals surface area contributed by atoms with E-state index in [0.29, 0.717) is 0 Å². The Kier molecular flexibility index (Phi) is 3.37. The Morgan fingerprint density at radius 2 is 1.95 bits per heavy atom. The highest BCUT2D eigenvalue weighted by molar-refractivity contribution is 6.04. The van der Waals surface area contributed by atoms with Gasteiger partial charge >= 0.3 is 0 Å². The first kappa shape index (κ1) is 12.9. The monoisotopic (exact) mass is 267 g/mol. The van der Waals surface area contributed by atoms with E-state index in [9.17, 15) is 18.0 Å². The van der Waals surface area contributed by atoms with E-state index in [2.05, 4.69) is 10.3 Å². The van der Waals surface area contributed by atoms with Gasteiger partial charge in [-0.3, -0.25) is 4.79 Å². The highest BCUT2D eigenvalue weighted by Crippen LogP contribution is 2.18. The van der Waals surface area contributed by atoms with Gasteiger partial charge < -0.3 is 11.1 Å². The number of carbonyl (C=O) groups excluding carboxylic acids is 1. The number of nitrogens with one attached hydrogen (secondary N) is 1. The molecule has 0 fully saturated rings. The number of hydrogen-bond acceptors (Lipinski definition) is 3. The van der Waals surface area contributed by atoms with Crippen molar-refractivity contribution in [2.24, 2.45) is 0 Å².